The summed E-state index contributed by atoms with van der Waals surface area (Å²) in [5.74, 6) is 1.72. The maximum Gasteiger partial charge on any atom is 0.159 e. The lowest BCUT2D eigenvalue weighted by molar-refractivity contribution is 0.357. The van der Waals surface area contributed by atoms with E-state index in [4.69, 9.17) is 4.74 Å². The van der Waals surface area contributed by atoms with Crippen LogP contribution in [0.5, 0.6) is 5.75 Å². The van der Waals surface area contributed by atoms with E-state index in [2.05, 4.69) is 28.7 Å². The first-order valence-corrected chi connectivity index (χ1v) is 10.5. The van der Waals surface area contributed by atoms with Gasteiger partial charge in [0, 0.05) is 18.0 Å². The van der Waals surface area contributed by atoms with E-state index in [-0.39, 0.29) is 12.6 Å². The van der Waals surface area contributed by atoms with Gasteiger partial charge in [-0.2, -0.15) is 0 Å². The van der Waals surface area contributed by atoms with Gasteiger partial charge in [0.05, 0.1) is 6.67 Å². The molecule has 3 aromatic rings. The molecule has 30 heavy (non-hydrogen) atoms. The fourth-order valence-corrected chi connectivity index (χ4v) is 3.24. The summed E-state index contributed by atoms with van der Waals surface area (Å²) in [5, 5.41) is 0. The fraction of sp³-hybridized carbons (Fsp3) is 0.308. The predicted octanol–water partition coefficient (Wildman–Crippen LogP) is 6.69. The zero-order valence-corrected chi connectivity index (χ0v) is 17.6. The standard InChI is InChI=1S/C26H29FN2O/c1-3-16-30-25-14-12-23(13-15-25)22-8-10-24(11-9-22)26-28-18-21(19-29-26)7-5-4-6-20(2)17-27/h3,8-15,18-20H,1,4-7,16-17H2,2H3. The fourth-order valence-electron chi connectivity index (χ4n) is 3.24. The molecule has 3 nitrogen and oxygen atoms in total. The average molecular weight is 405 g/mol. The van der Waals surface area contributed by atoms with Gasteiger partial charge in [0.25, 0.3) is 0 Å². The van der Waals surface area contributed by atoms with Gasteiger partial charge in [-0.1, -0.05) is 62.4 Å². The van der Waals surface area contributed by atoms with E-state index in [1.165, 1.54) is 0 Å². The summed E-state index contributed by atoms with van der Waals surface area (Å²) in [6.45, 7) is 5.89. The third-order valence-electron chi connectivity index (χ3n) is 5.08. The molecule has 156 valence electrons. The van der Waals surface area contributed by atoms with Gasteiger partial charge in [0.15, 0.2) is 5.82 Å². The highest BCUT2D eigenvalue weighted by Gasteiger charge is 2.05. The topological polar surface area (TPSA) is 35.0 Å². The monoisotopic (exact) mass is 404 g/mol. The molecule has 0 aliphatic carbocycles. The molecule has 0 radical (unpaired) electrons. The zero-order chi connectivity index (χ0) is 21.2. The number of unbranched alkanes of at least 4 members (excludes halogenated alkanes) is 1. The van der Waals surface area contributed by atoms with Crippen molar-refractivity contribution in [3.63, 3.8) is 0 Å². The summed E-state index contributed by atoms with van der Waals surface area (Å²) < 4.78 is 18.0. The molecular formula is C26H29FN2O. The Morgan fingerprint density at radius 1 is 0.933 bits per heavy atom. The van der Waals surface area contributed by atoms with Crippen molar-refractivity contribution in [3.05, 3.63) is 79.1 Å². The van der Waals surface area contributed by atoms with Crippen molar-refractivity contribution < 1.29 is 9.13 Å². The van der Waals surface area contributed by atoms with Crippen molar-refractivity contribution in [2.75, 3.05) is 13.3 Å². The molecule has 0 saturated carbocycles. The number of alkyl halides is 1. The molecule has 0 amide bonds. The molecule has 0 saturated heterocycles. The minimum absolute atomic E-state index is 0.162. The minimum atomic E-state index is -0.230. The lowest BCUT2D eigenvalue weighted by atomic mass is 10.0. The van der Waals surface area contributed by atoms with E-state index in [1.807, 2.05) is 55.7 Å². The van der Waals surface area contributed by atoms with Crippen LogP contribution in [0, 0.1) is 5.92 Å². The summed E-state index contributed by atoms with van der Waals surface area (Å²) in [7, 11) is 0. The highest BCUT2D eigenvalue weighted by atomic mass is 19.1. The number of hydrogen-bond acceptors (Lipinski definition) is 3. The average Bonchev–Trinajstić information content (AvgIpc) is 2.81. The Bertz CT molecular complexity index is 905. The molecule has 3 rings (SSSR count). The minimum Gasteiger partial charge on any atom is -0.490 e. The Labute approximate surface area is 178 Å². The zero-order valence-electron chi connectivity index (χ0n) is 17.6. The lowest BCUT2D eigenvalue weighted by Crippen LogP contribution is -1.98. The van der Waals surface area contributed by atoms with E-state index in [9.17, 15) is 4.39 Å². The van der Waals surface area contributed by atoms with Crippen LogP contribution >= 0.6 is 0 Å². The second-order valence-corrected chi connectivity index (χ2v) is 7.62. The van der Waals surface area contributed by atoms with Gasteiger partial charge in [-0.05, 0) is 54.0 Å². The van der Waals surface area contributed by atoms with Crippen molar-refractivity contribution in [1.29, 1.82) is 0 Å². The molecular weight excluding hydrogens is 375 g/mol. The Kier molecular flexibility index (Phi) is 8.13. The van der Waals surface area contributed by atoms with Crippen molar-refractivity contribution in [1.82, 2.24) is 9.97 Å². The first-order chi connectivity index (χ1) is 14.7. The van der Waals surface area contributed by atoms with Crippen molar-refractivity contribution in [2.24, 2.45) is 5.92 Å². The van der Waals surface area contributed by atoms with Crippen LogP contribution in [0.3, 0.4) is 0 Å². The Balaban J connectivity index is 1.57. The van der Waals surface area contributed by atoms with Crippen molar-refractivity contribution in [2.45, 2.75) is 32.6 Å². The number of ether oxygens (including phenoxy) is 1. The van der Waals surface area contributed by atoms with E-state index in [0.717, 1.165) is 59.5 Å². The van der Waals surface area contributed by atoms with Crippen LogP contribution in [-0.4, -0.2) is 23.2 Å². The van der Waals surface area contributed by atoms with Gasteiger partial charge in [-0.3, -0.25) is 4.39 Å². The molecule has 4 heteroatoms. The summed E-state index contributed by atoms with van der Waals surface area (Å²) in [4.78, 5) is 9.05. The highest BCUT2D eigenvalue weighted by molar-refractivity contribution is 5.68. The maximum absolute atomic E-state index is 12.5. The van der Waals surface area contributed by atoms with Crippen molar-refractivity contribution >= 4 is 0 Å². The molecule has 0 bridgehead atoms. The molecule has 2 aromatic carbocycles. The van der Waals surface area contributed by atoms with Crippen LogP contribution in [0.2, 0.25) is 0 Å². The van der Waals surface area contributed by atoms with Gasteiger partial charge >= 0.3 is 0 Å². The van der Waals surface area contributed by atoms with Gasteiger partial charge in [0.1, 0.15) is 12.4 Å². The molecule has 0 N–H and O–H groups in total. The molecule has 1 atom stereocenters. The quantitative estimate of drug-likeness (QED) is 0.264. The van der Waals surface area contributed by atoms with Crippen LogP contribution in [-0.2, 0) is 6.42 Å². The smallest absolute Gasteiger partial charge is 0.159 e. The largest absolute Gasteiger partial charge is 0.490 e. The first kappa shape index (κ1) is 21.7. The van der Waals surface area contributed by atoms with Gasteiger partial charge in [-0.25, -0.2) is 9.97 Å². The first-order valence-electron chi connectivity index (χ1n) is 10.5. The third kappa shape index (κ3) is 6.24. The van der Waals surface area contributed by atoms with E-state index in [1.54, 1.807) is 6.08 Å². The molecule has 0 aliphatic rings. The number of nitrogens with zero attached hydrogens (tertiary/aromatic N) is 2. The number of rotatable bonds is 11. The van der Waals surface area contributed by atoms with Crippen molar-refractivity contribution in [3.8, 4) is 28.3 Å². The Hall–Kier alpha value is -3.01. The van der Waals surface area contributed by atoms with E-state index < -0.39 is 0 Å². The molecule has 1 heterocycles. The molecule has 0 fully saturated rings. The van der Waals surface area contributed by atoms with E-state index >= 15 is 0 Å². The van der Waals surface area contributed by atoms with E-state index in [0.29, 0.717) is 6.61 Å². The van der Waals surface area contributed by atoms with Gasteiger partial charge in [-0.15, -0.1) is 0 Å². The number of hydrogen-bond donors (Lipinski definition) is 0. The predicted molar refractivity (Wildman–Crippen MR) is 121 cm³/mol. The number of halogens is 1. The molecule has 0 spiro atoms. The van der Waals surface area contributed by atoms with Crippen LogP contribution < -0.4 is 4.74 Å². The summed E-state index contributed by atoms with van der Waals surface area (Å²) >= 11 is 0. The van der Waals surface area contributed by atoms with Crippen LogP contribution in [0.15, 0.2) is 73.6 Å². The van der Waals surface area contributed by atoms with Crippen LogP contribution in [0.4, 0.5) is 4.39 Å². The summed E-state index contributed by atoms with van der Waals surface area (Å²) in [5.41, 5.74) is 4.38. The lowest BCUT2D eigenvalue weighted by Gasteiger charge is -2.07. The maximum atomic E-state index is 12.5. The van der Waals surface area contributed by atoms with Gasteiger partial charge in [0.2, 0.25) is 0 Å². The van der Waals surface area contributed by atoms with Gasteiger partial charge < -0.3 is 4.74 Å². The van der Waals surface area contributed by atoms with Crippen LogP contribution in [0.1, 0.15) is 31.7 Å². The Morgan fingerprint density at radius 3 is 2.13 bits per heavy atom. The summed E-state index contributed by atoms with van der Waals surface area (Å²) in [6, 6.07) is 16.3. The highest BCUT2D eigenvalue weighted by Crippen LogP contribution is 2.25. The number of aromatic nitrogens is 2. The second kappa shape index (κ2) is 11.2. The SMILES string of the molecule is C=CCOc1ccc(-c2ccc(-c3ncc(CCCCC(C)CF)cn3)cc2)cc1. The van der Waals surface area contributed by atoms with Crippen LogP contribution in [0.25, 0.3) is 22.5 Å². The normalized spacial score (nSPS) is 11.8. The number of benzene rings is 2. The summed E-state index contributed by atoms with van der Waals surface area (Å²) in [6.07, 6.45) is 9.48. The third-order valence-corrected chi connectivity index (χ3v) is 5.08. The second-order valence-electron chi connectivity index (χ2n) is 7.62. The molecule has 1 aromatic heterocycles. The number of aryl methyl sites for hydroxylation is 1. The molecule has 0 aliphatic heterocycles. The molecule has 1 unspecified atom stereocenters. The Morgan fingerprint density at radius 2 is 1.53 bits per heavy atom.